The Bertz CT molecular complexity index is 135. The lowest BCUT2D eigenvalue weighted by Gasteiger charge is -2.06. The van der Waals surface area contributed by atoms with Gasteiger partial charge in [-0.1, -0.05) is 0 Å². The van der Waals surface area contributed by atoms with E-state index in [2.05, 4.69) is 0 Å². The summed E-state index contributed by atoms with van der Waals surface area (Å²) in [6.07, 6.45) is 2.03. The van der Waals surface area contributed by atoms with Crippen LogP contribution in [0.5, 0.6) is 0 Å². The molecule has 0 radical (unpaired) electrons. The van der Waals surface area contributed by atoms with Crippen LogP contribution in [0.1, 0.15) is 12.8 Å². The van der Waals surface area contributed by atoms with Crippen LogP contribution >= 0.6 is 0 Å². The summed E-state index contributed by atoms with van der Waals surface area (Å²) in [7, 11) is 1.92. The molecule has 0 atom stereocenters. The Morgan fingerprint density at radius 3 is 2.75 bits per heavy atom. The van der Waals surface area contributed by atoms with Gasteiger partial charge in [-0.15, -0.1) is 0 Å². The molecule has 44 valence electrons. The van der Waals surface area contributed by atoms with E-state index in [0.717, 1.165) is 25.1 Å². The van der Waals surface area contributed by atoms with Crippen LogP contribution in [0.25, 0.3) is 0 Å². The van der Waals surface area contributed by atoms with Crippen LogP contribution in [-0.2, 0) is 4.79 Å². The van der Waals surface area contributed by atoms with E-state index in [1.165, 1.54) is 0 Å². The van der Waals surface area contributed by atoms with Crippen LogP contribution in [0.15, 0.2) is 5.70 Å². The molecule has 1 heterocycles. The first-order chi connectivity index (χ1) is 3.84. The van der Waals surface area contributed by atoms with E-state index in [1.807, 2.05) is 17.9 Å². The van der Waals surface area contributed by atoms with Crippen molar-refractivity contribution >= 4 is 5.94 Å². The lowest BCUT2D eigenvalue weighted by molar-refractivity contribution is 0.477. The van der Waals surface area contributed by atoms with E-state index in [0.29, 0.717) is 0 Å². The van der Waals surface area contributed by atoms with Gasteiger partial charge in [0, 0.05) is 13.6 Å². The smallest absolute Gasteiger partial charge is 0.145 e. The maximum absolute atomic E-state index is 10.0. The topological polar surface area (TPSA) is 20.3 Å². The molecule has 0 N–H and O–H groups in total. The molecule has 1 aliphatic rings. The van der Waals surface area contributed by atoms with Gasteiger partial charge in [0.2, 0.25) is 0 Å². The zero-order chi connectivity index (χ0) is 5.98. The van der Waals surface area contributed by atoms with Gasteiger partial charge >= 0.3 is 0 Å². The van der Waals surface area contributed by atoms with Crippen molar-refractivity contribution in [1.82, 2.24) is 4.90 Å². The van der Waals surface area contributed by atoms with Crippen molar-refractivity contribution in [2.45, 2.75) is 12.8 Å². The van der Waals surface area contributed by atoms with Crippen molar-refractivity contribution in [1.29, 1.82) is 0 Å². The second kappa shape index (κ2) is 2.01. The molecule has 0 aromatic carbocycles. The van der Waals surface area contributed by atoms with Crippen molar-refractivity contribution in [3.63, 3.8) is 0 Å². The molecular formula is C6H9NO. The second-order valence-electron chi connectivity index (χ2n) is 2.07. The summed E-state index contributed by atoms with van der Waals surface area (Å²) in [5, 5.41) is 0. The summed E-state index contributed by atoms with van der Waals surface area (Å²) in [6.45, 7) is 1.02. The van der Waals surface area contributed by atoms with E-state index in [9.17, 15) is 4.79 Å². The number of allylic oxidation sites excluding steroid dienone is 1. The third kappa shape index (κ3) is 0.749. The van der Waals surface area contributed by atoms with E-state index >= 15 is 0 Å². The lowest BCUT2D eigenvalue weighted by atomic mass is 10.3. The normalized spacial score (nSPS) is 19.1. The molecule has 0 saturated carbocycles. The SMILES string of the molecule is CN1CCCC1=C=O. The zero-order valence-corrected chi connectivity index (χ0v) is 4.98. The molecule has 0 amide bonds. The molecule has 8 heavy (non-hydrogen) atoms. The molecule has 1 aliphatic heterocycles. The monoisotopic (exact) mass is 111 g/mol. The fourth-order valence-corrected chi connectivity index (χ4v) is 0.938. The lowest BCUT2D eigenvalue weighted by Crippen LogP contribution is -2.09. The fourth-order valence-electron chi connectivity index (χ4n) is 0.938. The van der Waals surface area contributed by atoms with Crippen molar-refractivity contribution in [2.24, 2.45) is 0 Å². The summed E-state index contributed by atoms with van der Waals surface area (Å²) in [5.74, 6) is 1.91. The molecule has 0 aromatic heterocycles. The first-order valence-corrected chi connectivity index (χ1v) is 2.79. The molecule has 0 spiro atoms. The first-order valence-electron chi connectivity index (χ1n) is 2.79. The Labute approximate surface area is 48.8 Å². The molecule has 0 aliphatic carbocycles. The van der Waals surface area contributed by atoms with E-state index in [4.69, 9.17) is 0 Å². The van der Waals surface area contributed by atoms with Crippen LogP contribution in [0, 0.1) is 0 Å². The Kier molecular flexibility index (Phi) is 1.36. The Balaban J connectivity index is 2.68. The quantitative estimate of drug-likeness (QED) is 0.422. The third-order valence-corrected chi connectivity index (χ3v) is 1.49. The summed E-state index contributed by atoms with van der Waals surface area (Å²) >= 11 is 0. The van der Waals surface area contributed by atoms with Crippen molar-refractivity contribution in [2.75, 3.05) is 13.6 Å². The minimum atomic E-state index is 0.824. The number of hydrogen-bond donors (Lipinski definition) is 0. The van der Waals surface area contributed by atoms with E-state index < -0.39 is 0 Å². The highest BCUT2D eigenvalue weighted by atomic mass is 16.1. The minimum absolute atomic E-state index is 0.824. The van der Waals surface area contributed by atoms with Crippen LogP contribution in [0.3, 0.4) is 0 Å². The Morgan fingerprint density at radius 2 is 2.50 bits per heavy atom. The fraction of sp³-hybridized carbons (Fsp3) is 0.667. The van der Waals surface area contributed by atoms with Crippen LogP contribution in [0.4, 0.5) is 0 Å². The molecule has 2 nitrogen and oxygen atoms in total. The van der Waals surface area contributed by atoms with Crippen LogP contribution in [0.2, 0.25) is 0 Å². The maximum Gasteiger partial charge on any atom is 0.145 e. The van der Waals surface area contributed by atoms with Gasteiger partial charge in [0.25, 0.3) is 0 Å². The maximum atomic E-state index is 10.0. The van der Waals surface area contributed by atoms with Gasteiger partial charge in [-0.05, 0) is 12.8 Å². The predicted molar refractivity (Wildman–Crippen MR) is 31.1 cm³/mol. The van der Waals surface area contributed by atoms with Gasteiger partial charge in [-0.2, -0.15) is 0 Å². The van der Waals surface area contributed by atoms with Gasteiger partial charge in [-0.25, -0.2) is 4.79 Å². The number of nitrogens with zero attached hydrogens (tertiary/aromatic N) is 1. The molecule has 0 unspecified atom stereocenters. The van der Waals surface area contributed by atoms with Crippen molar-refractivity contribution in [3.8, 4) is 0 Å². The summed E-state index contributed by atoms with van der Waals surface area (Å²) in [6, 6.07) is 0. The molecule has 2 heteroatoms. The highest BCUT2D eigenvalue weighted by Gasteiger charge is 2.11. The van der Waals surface area contributed by atoms with E-state index in [-0.39, 0.29) is 0 Å². The minimum Gasteiger partial charge on any atom is -0.369 e. The van der Waals surface area contributed by atoms with Crippen molar-refractivity contribution < 1.29 is 4.79 Å². The molecule has 0 bridgehead atoms. The average molecular weight is 111 g/mol. The number of rotatable bonds is 0. The average Bonchev–Trinajstić information content (AvgIpc) is 2.14. The molecule has 1 saturated heterocycles. The van der Waals surface area contributed by atoms with E-state index in [1.54, 1.807) is 0 Å². The third-order valence-electron chi connectivity index (χ3n) is 1.49. The molecule has 0 aromatic rings. The van der Waals surface area contributed by atoms with Gasteiger partial charge in [0.15, 0.2) is 0 Å². The standard InChI is InChI=1S/C6H9NO/c1-7-4-2-3-6(7)5-8/h2-4H2,1H3. The highest BCUT2D eigenvalue weighted by Crippen LogP contribution is 2.14. The molecule has 1 fully saturated rings. The zero-order valence-electron chi connectivity index (χ0n) is 4.98. The molecular weight excluding hydrogens is 102 g/mol. The number of likely N-dealkylation sites (tertiary alicyclic amines) is 1. The number of carbonyl (C=O) groups excluding carboxylic acids is 1. The first kappa shape index (κ1) is 5.39. The second-order valence-corrected chi connectivity index (χ2v) is 2.07. The van der Waals surface area contributed by atoms with Crippen molar-refractivity contribution in [3.05, 3.63) is 5.70 Å². The molecule has 1 rings (SSSR count). The van der Waals surface area contributed by atoms with Crippen LogP contribution < -0.4 is 0 Å². The summed E-state index contributed by atoms with van der Waals surface area (Å²) in [4.78, 5) is 12.0. The van der Waals surface area contributed by atoms with Gasteiger partial charge in [0.05, 0.1) is 5.70 Å². The van der Waals surface area contributed by atoms with Gasteiger partial charge in [-0.3, -0.25) is 0 Å². The highest BCUT2D eigenvalue weighted by molar-refractivity contribution is 5.52. The predicted octanol–water partition coefficient (Wildman–Crippen LogP) is 0.427. The summed E-state index contributed by atoms with van der Waals surface area (Å²) in [5.41, 5.74) is 0.824. The summed E-state index contributed by atoms with van der Waals surface area (Å²) < 4.78 is 0. The largest absolute Gasteiger partial charge is 0.369 e. The Morgan fingerprint density at radius 1 is 1.75 bits per heavy atom. The Hall–Kier alpha value is -0.750. The van der Waals surface area contributed by atoms with Crippen LogP contribution in [-0.4, -0.2) is 24.4 Å². The van der Waals surface area contributed by atoms with Gasteiger partial charge < -0.3 is 4.90 Å². The number of hydrogen-bond acceptors (Lipinski definition) is 2. The van der Waals surface area contributed by atoms with Gasteiger partial charge in [0.1, 0.15) is 5.94 Å².